The Bertz CT molecular complexity index is 837. The van der Waals surface area contributed by atoms with Gasteiger partial charge >= 0.3 is 0 Å². The fourth-order valence-corrected chi connectivity index (χ4v) is 1.98. The number of aromatic amines is 1. The average Bonchev–Trinajstić information content (AvgIpc) is 3.19. The summed E-state index contributed by atoms with van der Waals surface area (Å²) in [6, 6.07) is 6.07. The molecule has 0 aliphatic rings. The number of ketones is 1. The Hall–Kier alpha value is -3.22. The zero-order valence-electron chi connectivity index (χ0n) is 11.2. The van der Waals surface area contributed by atoms with E-state index >= 15 is 0 Å². The van der Waals surface area contributed by atoms with Crippen molar-refractivity contribution in [2.45, 2.75) is 0 Å². The molecule has 0 aliphatic carbocycles. The number of halogens is 1. The van der Waals surface area contributed by atoms with Crippen molar-refractivity contribution in [3.8, 4) is 11.1 Å². The first-order valence-corrected chi connectivity index (χ1v) is 6.28. The third-order valence-corrected chi connectivity index (χ3v) is 3.02. The maximum atomic E-state index is 13.8. The number of carbonyl (C=O) groups excluding carboxylic acids is 1. The van der Waals surface area contributed by atoms with E-state index in [2.05, 4.69) is 15.2 Å². The normalized spacial score (nSPS) is 11.6. The molecule has 0 saturated carbocycles. The van der Waals surface area contributed by atoms with Crippen molar-refractivity contribution in [1.29, 1.82) is 0 Å². The van der Waals surface area contributed by atoms with E-state index in [0.29, 0.717) is 5.56 Å². The standard InChI is InChI=1S/C15H10FN3O3/c16-12-4-2-1-3-9(12)10-6-22-7-11(10)13(20)5-14(21)15-17-8-18-19-15/h1-8,20H,(H,17,18,19). The second-order valence-corrected chi connectivity index (χ2v) is 4.41. The Kier molecular flexibility index (Phi) is 3.53. The van der Waals surface area contributed by atoms with Crippen LogP contribution in [0.5, 0.6) is 0 Å². The number of furan rings is 1. The number of H-pyrrole nitrogens is 1. The van der Waals surface area contributed by atoms with Gasteiger partial charge in [0, 0.05) is 17.2 Å². The summed E-state index contributed by atoms with van der Waals surface area (Å²) in [4.78, 5) is 15.5. The minimum absolute atomic E-state index is 0.0116. The predicted octanol–water partition coefficient (Wildman–Crippen LogP) is 2.99. The zero-order chi connectivity index (χ0) is 15.5. The topological polar surface area (TPSA) is 92.0 Å². The molecule has 2 heterocycles. The van der Waals surface area contributed by atoms with Crippen LogP contribution in [-0.2, 0) is 0 Å². The lowest BCUT2D eigenvalue weighted by Crippen LogP contribution is -1.99. The summed E-state index contributed by atoms with van der Waals surface area (Å²) in [5, 5.41) is 16.1. The van der Waals surface area contributed by atoms with Crippen molar-refractivity contribution in [1.82, 2.24) is 15.2 Å². The SMILES string of the molecule is O=C(C=C(O)c1cocc1-c1ccccc1F)c1ncn[nH]1. The minimum Gasteiger partial charge on any atom is -0.507 e. The summed E-state index contributed by atoms with van der Waals surface area (Å²) in [5.74, 6) is -1.38. The fraction of sp³-hybridized carbons (Fsp3) is 0. The van der Waals surface area contributed by atoms with Gasteiger partial charge in [0.25, 0.3) is 0 Å². The molecule has 1 aromatic carbocycles. The highest BCUT2D eigenvalue weighted by Gasteiger charge is 2.16. The highest BCUT2D eigenvalue weighted by atomic mass is 19.1. The monoisotopic (exact) mass is 299 g/mol. The summed E-state index contributed by atoms with van der Waals surface area (Å²) >= 11 is 0. The number of nitrogens with one attached hydrogen (secondary N) is 1. The smallest absolute Gasteiger partial charge is 0.226 e. The third-order valence-electron chi connectivity index (χ3n) is 3.02. The summed E-state index contributed by atoms with van der Waals surface area (Å²) in [6.07, 6.45) is 4.69. The van der Waals surface area contributed by atoms with Crippen molar-refractivity contribution in [3.05, 3.63) is 66.4 Å². The number of hydrogen-bond acceptors (Lipinski definition) is 5. The lowest BCUT2D eigenvalue weighted by Gasteiger charge is -2.03. The number of nitrogens with zero attached hydrogens (tertiary/aromatic N) is 2. The van der Waals surface area contributed by atoms with E-state index in [0.717, 1.165) is 6.08 Å². The van der Waals surface area contributed by atoms with Gasteiger partial charge in [0.05, 0.1) is 11.8 Å². The summed E-state index contributed by atoms with van der Waals surface area (Å²) in [6.45, 7) is 0. The van der Waals surface area contributed by atoms with Gasteiger partial charge in [-0.05, 0) is 6.07 Å². The molecule has 0 radical (unpaired) electrons. The van der Waals surface area contributed by atoms with Crippen LogP contribution >= 0.6 is 0 Å². The lowest BCUT2D eigenvalue weighted by molar-refractivity contribution is 0.103. The summed E-state index contributed by atoms with van der Waals surface area (Å²) in [5.41, 5.74) is 0.813. The van der Waals surface area contributed by atoms with Crippen molar-refractivity contribution in [2.24, 2.45) is 0 Å². The molecule has 110 valence electrons. The molecule has 0 saturated heterocycles. The van der Waals surface area contributed by atoms with Gasteiger partial charge in [-0.3, -0.25) is 9.89 Å². The van der Waals surface area contributed by atoms with Gasteiger partial charge < -0.3 is 9.52 Å². The van der Waals surface area contributed by atoms with Crippen LogP contribution in [0, 0.1) is 5.82 Å². The molecule has 7 heteroatoms. The number of hydrogen-bond donors (Lipinski definition) is 2. The first kappa shape index (κ1) is 13.7. The van der Waals surface area contributed by atoms with E-state index in [9.17, 15) is 14.3 Å². The number of benzene rings is 1. The molecule has 0 spiro atoms. The molecule has 22 heavy (non-hydrogen) atoms. The van der Waals surface area contributed by atoms with Gasteiger partial charge in [0.2, 0.25) is 5.78 Å². The van der Waals surface area contributed by atoms with Crippen LogP contribution in [0.4, 0.5) is 4.39 Å². The Morgan fingerprint density at radius 3 is 2.82 bits per heavy atom. The molecule has 0 atom stereocenters. The summed E-state index contributed by atoms with van der Waals surface area (Å²) < 4.78 is 18.9. The molecule has 0 aliphatic heterocycles. The van der Waals surface area contributed by atoms with Crippen LogP contribution in [0.25, 0.3) is 16.9 Å². The zero-order valence-corrected chi connectivity index (χ0v) is 11.2. The van der Waals surface area contributed by atoms with Gasteiger partial charge in [0.1, 0.15) is 24.2 Å². The second kappa shape index (κ2) is 5.65. The molecule has 2 aromatic heterocycles. The molecular formula is C15H10FN3O3. The Morgan fingerprint density at radius 2 is 2.09 bits per heavy atom. The summed E-state index contributed by atoms with van der Waals surface area (Å²) in [7, 11) is 0. The predicted molar refractivity (Wildman–Crippen MR) is 75.4 cm³/mol. The molecule has 3 rings (SSSR count). The van der Waals surface area contributed by atoms with Gasteiger partial charge in [-0.25, -0.2) is 9.37 Å². The van der Waals surface area contributed by atoms with Gasteiger partial charge in [-0.2, -0.15) is 5.10 Å². The van der Waals surface area contributed by atoms with Crippen molar-refractivity contribution >= 4 is 11.5 Å². The van der Waals surface area contributed by atoms with Crippen LogP contribution in [-0.4, -0.2) is 26.1 Å². The van der Waals surface area contributed by atoms with Crippen molar-refractivity contribution in [3.63, 3.8) is 0 Å². The molecule has 0 fully saturated rings. The Labute approximate surface area is 123 Å². The van der Waals surface area contributed by atoms with Crippen molar-refractivity contribution < 1.29 is 18.7 Å². The number of aliphatic hydroxyl groups is 1. The molecule has 0 bridgehead atoms. The highest BCUT2D eigenvalue weighted by Crippen LogP contribution is 2.30. The van der Waals surface area contributed by atoms with E-state index in [1.54, 1.807) is 18.2 Å². The van der Waals surface area contributed by atoms with Gasteiger partial charge in [-0.15, -0.1) is 0 Å². The first-order valence-electron chi connectivity index (χ1n) is 6.28. The minimum atomic E-state index is -0.560. The fourth-order valence-electron chi connectivity index (χ4n) is 1.98. The van der Waals surface area contributed by atoms with Crippen LogP contribution in [0.1, 0.15) is 16.2 Å². The third kappa shape index (κ3) is 2.51. The van der Waals surface area contributed by atoms with Crippen LogP contribution in [0.15, 0.2) is 53.6 Å². The van der Waals surface area contributed by atoms with Crippen molar-refractivity contribution in [2.75, 3.05) is 0 Å². The maximum absolute atomic E-state index is 13.8. The number of aliphatic hydroxyl groups excluding tert-OH is 1. The molecule has 0 amide bonds. The van der Waals surface area contributed by atoms with E-state index in [-0.39, 0.29) is 22.7 Å². The largest absolute Gasteiger partial charge is 0.507 e. The van der Waals surface area contributed by atoms with Gasteiger partial charge in [0.15, 0.2) is 5.82 Å². The second-order valence-electron chi connectivity index (χ2n) is 4.41. The quantitative estimate of drug-likeness (QED) is 0.439. The highest BCUT2D eigenvalue weighted by molar-refractivity contribution is 6.05. The molecule has 6 nitrogen and oxygen atoms in total. The molecule has 2 N–H and O–H groups in total. The number of aromatic nitrogens is 3. The number of carbonyl (C=O) groups is 1. The van der Waals surface area contributed by atoms with E-state index in [4.69, 9.17) is 4.42 Å². The maximum Gasteiger partial charge on any atom is 0.226 e. The van der Waals surface area contributed by atoms with E-state index < -0.39 is 11.6 Å². The number of allylic oxidation sites excluding steroid dienone is 1. The molecule has 0 unspecified atom stereocenters. The van der Waals surface area contributed by atoms with E-state index in [1.807, 2.05) is 0 Å². The van der Waals surface area contributed by atoms with Crippen LogP contribution < -0.4 is 0 Å². The Balaban J connectivity index is 1.98. The molecular weight excluding hydrogens is 289 g/mol. The lowest BCUT2D eigenvalue weighted by atomic mass is 10.0. The van der Waals surface area contributed by atoms with Crippen LogP contribution in [0.3, 0.4) is 0 Å². The average molecular weight is 299 g/mol. The van der Waals surface area contributed by atoms with Gasteiger partial charge in [-0.1, -0.05) is 18.2 Å². The molecule has 3 aromatic rings. The first-order chi connectivity index (χ1) is 10.7. The van der Waals surface area contributed by atoms with E-state index in [1.165, 1.54) is 24.9 Å². The number of rotatable bonds is 4. The van der Waals surface area contributed by atoms with Crippen LogP contribution in [0.2, 0.25) is 0 Å². The Morgan fingerprint density at radius 1 is 1.27 bits per heavy atom.